The molecule has 1 heterocycles. The van der Waals surface area contributed by atoms with E-state index < -0.39 is 0 Å². The predicted octanol–water partition coefficient (Wildman–Crippen LogP) is 3.87. The summed E-state index contributed by atoms with van der Waals surface area (Å²) in [6.07, 6.45) is 0.820. The molecule has 28 heavy (non-hydrogen) atoms. The van der Waals surface area contributed by atoms with Crippen molar-refractivity contribution < 1.29 is 9.53 Å². The maximum absolute atomic E-state index is 13.0. The van der Waals surface area contributed by atoms with E-state index in [9.17, 15) is 9.59 Å². The van der Waals surface area contributed by atoms with Crippen molar-refractivity contribution in [3.05, 3.63) is 33.6 Å². The standard InChI is InChI=1S/C20H28ClN3O3S/c1-12(2)22-18(25)14(5)28-20-23-17-11-15(21)7-8-16(17)19(26)24(20)9-6-10-27-13(3)4/h7-8,11-14H,6,9-10H2,1-5H3,(H,22,25)/t14-/m0/s1. The first-order chi connectivity index (χ1) is 13.2. The molecule has 0 aliphatic heterocycles. The van der Waals surface area contributed by atoms with Gasteiger partial charge in [0.15, 0.2) is 5.16 Å². The number of thioether (sulfide) groups is 1. The van der Waals surface area contributed by atoms with Crippen LogP contribution in [0.1, 0.15) is 41.0 Å². The molecule has 0 spiro atoms. The number of hydrogen-bond donors (Lipinski definition) is 1. The normalized spacial score (nSPS) is 12.7. The molecular formula is C20H28ClN3O3S. The van der Waals surface area contributed by atoms with Gasteiger partial charge in [-0.15, -0.1) is 0 Å². The van der Waals surface area contributed by atoms with Gasteiger partial charge in [0, 0.05) is 24.2 Å². The second-order valence-corrected chi connectivity index (χ2v) is 8.95. The van der Waals surface area contributed by atoms with Crippen molar-refractivity contribution in [2.45, 2.75) is 70.1 Å². The van der Waals surface area contributed by atoms with Gasteiger partial charge in [-0.05, 0) is 59.2 Å². The second kappa shape index (κ2) is 10.3. The highest BCUT2D eigenvalue weighted by Gasteiger charge is 2.20. The predicted molar refractivity (Wildman–Crippen MR) is 115 cm³/mol. The Labute approximate surface area is 175 Å². The van der Waals surface area contributed by atoms with Crippen molar-refractivity contribution in [1.29, 1.82) is 0 Å². The third-order valence-corrected chi connectivity index (χ3v) is 5.27. The molecule has 0 saturated heterocycles. The number of hydrogen-bond acceptors (Lipinski definition) is 5. The van der Waals surface area contributed by atoms with E-state index in [2.05, 4.69) is 10.3 Å². The quantitative estimate of drug-likeness (QED) is 0.375. The Kier molecular flexibility index (Phi) is 8.34. The number of carbonyl (C=O) groups excluding carboxylic acids is 1. The Hall–Kier alpha value is -1.57. The van der Waals surface area contributed by atoms with Crippen molar-refractivity contribution >= 4 is 40.2 Å². The maximum Gasteiger partial charge on any atom is 0.262 e. The second-order valence-electron chi connectivity index (χ2n) is 7.21. The molecule has 1 amide bonds. The van der Waals surface area contributed by atoms with Crippen molar-refractivity contribution in [2.24, 2.45) is 0 Å². The smallest absolute Gasteiger partial charge is 0.262 e. The van der Waals surface area contributed by atoms with E-state index in [1.54, 1.807) is 22.8 Å². The SMILES string of the molecule is CC(C)NC(=O)[C@H](C)Sc1nc2cc(Cl)ccc2c(=O)n1CCCOC(C)C. The molecule has 154 valence electrons. The molecule has 1 aromatic heterocycles. The van der Waals surface area contributed by atoms with Crippen molar-refractivity contribution in [3.8, 4) is 0 Å². The van der Waals surface area contributed by atoms with E-state index in [0.29, 0.717) is 40.7 Å². The number of amides is 1. The zero-order valence-electron chi connectivity index (χ0n) is 17.0. The number of ether oxygens (including phenoxy) is 1. The molecule has 0 fully saturated rings. The van der Waals surface area contributed by atoms with Crippen LogP contribution in [0.25, 0.3) is 10.9 Å². The molecular weight excluding hydrogens is 398 g/mol. The number of carbonyl (C=O) groups is 1. The highest BCUT2D eigenvalue weighted by Crippen LogP contribution is 2.24. The Balaban J connectivity index is 2.35. The van der Waals surface area contributed by atoms with Crippen LogP contribution >= 0.6 is 23.4 Å². The Bertz CT molecular complexity index is 883. The summed E-state index contributed by atoms with van der Waals surface area (Å²) in [6.45, 7) is 10.6. The molecule has 6 nitrogen and oxygen atoms in total. The third kappa shape index (κ3) is 6.22. The van der Waals surface area contributed by atoms with Gasteiger partial charge in [0.1, 0.15) is 0 Å². The van der Waals surface area contributed by atoms with E-state index in [-0.39, 0.29) is 28.9 Å². The van der Waals surface area contributed by atoms with Gasteiger partial charge in [-0.25, -0.2) is 4.98 Å². The van der Waals surface area contributed by atoms with E-state index in [1.807, 2.05) is 34.6 Å². The van der Waals surface area contributed by atoms with Crippen LogP contribution in [-0.4, -0.2) is 39.5 Å². The Morgan fingerprint density at radius 1 is 1.29 bits per heavy atom. The summed E-state index contributed by atoms with van der Waals surface area (Å²) in [5, 5.41) is 4.05. The summed E-state index contributed by atoms with van der Waals surface area (Å²) in [7, 11) is 0. The fourth-order valence-corrected chi connectivity index (χ4v) is 3.73. The summed E-state index contributed by atoms with van der Waals surface area (Å²) < 4.78 is 7.21. The molecule has 0 aliphatic carbocycles. The maximum atomic E-state index is 13.0. The third-order valence-electron chi connectivity index (χ3n) is 3.94. The number of halogens is 1. The molecule has 0 bridgehead atoms. The number of aromatic nitrogens is 2. The molecule has 2 rings (SSSR count). The molecule has 1 N–H and O–H groups in total. The molecule has 1 atom stereocenters. The summed E-state index contributed by atoms with van der Waals surface area (Å²) in [4.78, 5) is 30.0. The summed E-state index contributed by atoms with van der Waals surface area (Å²) >= 11 is 7.35. The van der Waals surface area contributed by atoms with E-state index in [4.69, 9.17) is 16.3 Å². The van der Waals surface area contributed by atoms with Crippen LogP contribution in [0.3, 0.4) is 0 Å². The fourth-order valence-electron chi connectivity index (χ4n) is 2.62. The van der Waals surface area contributed by atoms with Crippen LogP contribution in [0.5, 0.6) is 0 Å². The lowest BCUT2D eigenvalue weighted by Gasteiger charge is -2.17. The van der Waals surface area contributed by atoms with Crippen LogP contribution in [0.4, 0.5) is 0 Å². The topological polar surface area (TPSA) is 73.2 Å². The highest BCUT2D eigenvalue weighted by atomic mass is 35.5. The molecule has 0 unspecified atom stereocenters. The molecule has 8 heteroatoms. The first-order valence-corrected chi connectivity index (χ1v) is 10.7. The Morgan fingerprint density at radius 2 is 2.00 bits per heavy atom. The number of rotatable bonds is 9. The lowest BCUT2D eigenvalue weighted by molar-refractivity contribution is -0.120. The molecule has 2 aromatic rings. The highest BCUT2D eigenvalue weighted by molar-refractivity contribution is 8.00. The zero-order chi connectivity index (χ0) is 20.8. The number of nitrogens with one attached hydrogen (secondary N) is 1. The monoisotopic (exact) mass is 425 g/mol. The van der Waals surface area contributed by atoms with Crippen molar-refractivity contribution in [1.82, 2.24) is 14.9 Å². The van der Waals surface area contributed by atoms with Crippen LogP contribution in [0.2, 0.25) is 5.02 Å². The minimum absolute atomic E-state index is 0.0503. The number of fused-ring (bicyclic) bond motifs is 1. The molecule has 0 radical (unpaired) electrons. The molecule has 0 aliphatic rings. The van der Waals surface area contributed by atoms with Crippen LogP contribution in [0, 0.1) is 0 Å². The first-order valence-electron chi connectivity index (χ1n) is 9.47. The summed E-state index contributed by atoms with van der Waals surface area (Å²) in [5.41, 5.74) is 0.399. The zero-order valence-corrected chi connectivity index (χ0v) is 18.6. The Morgan fingerprint density at radius 3 is 2.64 bits per heavy atom. The van der Waals surface area contributed by atoms with Crippen molar-refractivity contribution in [3.63, 3.8) is 0 Å². The molecule has 1 aromatic carbocycles. The summed E-state index contributed by atoms with van der Waals surface area (Å²) in [5.74, 6) is -0.0878. The van der Waals surface area contributed by atoms with Crippen LogP contribution < -0.4 is 10.9 Å². The van der Waals surface area contributed by atoms with Gasteiger partial charge in [0.2, 0.25) is 5.91 Å². The minimum Gasteiger partial charge on any atom is -0.379 e. The molecule has 0 saturated carbocycles. The average molecular weight is 426 g/mol. The van der Waals surface area contributed by atoms with Crippen LogP contribution in [-0.2, 0) is 16.1 Å². The minimum atomic E-state index is -0.385. The summed E-state index contributed by atoms with van der Waals surface area (Å²) in [6, 6.07) is 5.10. The van der Waals surface area contributed by atoms with Crippen molar-refractivity contribution in [2.75, 3.05) is 6.61 Å². The van der Waals surface area contributed by atoms with E-state index in [1.165, 1.54) is 11.8 Å². The van der Waals surface area contributed by atoms with E-state index in [0.717, 1.165) is 0 Å². The first kappa shape index (κ1) is 22.7. The number of nitrogens with zero attached hydrogens (tertiary/aromatic N) is 2. The van der Waals surface area contributed by atoms with Gasteiger partial charge in [0.25, 0.3) is 5.56 Å². The number of benzene rings is 1. The fraction of sp³-hybridized carbons (Fsp3) is 0.550. The van der Waals surface area contributed by atoms with Gasteiger partial charge in [-0.3, -0.25) is 14.2 Å². The lowest BCUT2D eigenvalue weighted by Crippen LogP contribution is -2.36. The van der Waals surface area contributed by atoms with Gasteiger partial charge in [-0.2, -0.15) is 0 Å². The van der Waals surface area contributed by atoms with Gasteiger partial charge < -0.3 is 10.1 Å². The average Bonchev–Trinajstić information content (AvgIpc) is 2.59. The largest absolute Gasteiger partial charge is 0.379 e. The van der Waals surface area contributed by atoms with Gasteiger partial charge in [0.05, 0.1) is 22.3 Å². The van der Waals surface area contributed by atoms with Gasteiger partial charge >= 0.3 is 0 Å². The van der Waals surface area contributed by atoms with E-state index >= 15 is 0 Å². The lowest BCUT2D eigenvalue weighted by atomic mass is 10.2. The van der Waals surface area contributed by atoms with Crippen LogP contribution in [0.15, 0.2) is 28.2 Å². The van der Waals surface area contributed by atoms with Gasteiger partial charge in [-0.1, -0.05) is 23.4 Å².